The van der Waals surface area contributed by atoms with Gasteiger partial charge in [0.25, 0.3) is 0 Å². The third kappa shape index (κ3) is 2.71. The molecule has 0 unspecified atom stereocenters. The Kier molecular flexibility index (Phi) is 3.89. The van der Waals surface area contributed by atoms with Gasteiger partial charge in [0, 0.05) is 19.2 Å². The van der Waals surface area contributed by atoms with Crippen LogP contribution in [-0.4, -0.2) is 18.1 Å². The van der Waals surface area contributed by atoms with Gasteiger partial charge < -0.3 is 15.7 Å². The molecule has 0 aromatic heterocycles. The Balaban J connectivity index is 2.30. The van der Waals surface area contributed by atoms with Gasteiger partial charge >= 0.3 is 5.97 Å². The van der Waals surface area contributed by atoms with Crippen LogP contribution in [0.25, 0.3) is 0 Å². The van der Waals surface area contributed by atoms with E-state index in [4.69, 9.17) is 10.8 Å². The zero-order valence-corrected chi connectivity index (χ0v) is 11.0. The van der Waals surface area contributed by atoms with Crippen molar-refractivity contribution in [2.45, 2.75) is 6.54 Å². The third-order valence-corrected chi connectivity index (χ3v) is 3.09. The molecule has 0 fully saturated rings. The van der Waals surface area contributed by atoms with E-state index in [-0.39, 0.29) is 17.1 Å². The Morgan fingerprint density at radius 3 is 2.60 bits per heavy atom. The molecule has 104 valence electrons. The number of rotatable bonds is 4. The molecule has 0 saturated heterocycles. The number of aromatic carboxylic acids is 1. The number of carboxylic acids is 1. The first-order chi connectivity index (χ1) is 9.50. The van der Waals surface area contributed by atoms with Crippen LogP contribution in [0.4, 0.5) is 15.8 Å². The zero-order chi connectivity index (χ0) is 14.7. The summed E-state index contributed by atoms with van der Waals surface area (Å²) in [6.07, 6.45) is 0. The van der Waals surface area contributed by atoms with Gasteiger partial charge in [-0.2, -0.15) is 0 Å². The Bertz CT molecular complexity index is 644. The number of nitrogens with zero attached hydrogens (tertiary/aromatic N) is 1. The summed E-state index contributed by atoms with van der Waals surface area (Å²) in [6, 6.07) is 11.2. The molecule has 2 aromatic rings. The van der Waals surface area contributed by atoms with E-state index in [1.165, 1.54) is 12.1 Å². The van der Waals surface area contributed by atoms with Crippen LogP contribution in [0.5, 0.6) is 0 Å². The molecule has 0 aliphatic heterocycles. The summed E-state index contributed by atoms with van der Waals surface area (Å²) in [5.74, 6) is -1.38. The van der Waals surface area contributed by atoms with Crippen molar-refractivity contribution >= 4 is 17.3 Å². The molecule has 0 amide bonds. The van der Waals surface area contributed by atoms with E-state index in [0.717, 1.165) is 0 Å². The molecule has 5 heteroatoms. The lowest BCUT2D eigenvalue weighted by molar-refractivity contribution is 0.0698. The maximum atomic E-state index is 13.6. The quantitative estimate of drug-likeness (QED) is 0.841. The molecule has 0 saturated carbocycles. The van der Waals surface area contributed by atoms with Crippen LogP contribution in [0.1, 0.15) is 15.9 Å². The Morgan fingerprint density at radius 2 is 1.95 bits per heavy atom. The molecule has 20 heavy (non-hydrogen) atoms. The molecule has 0 aliphatic rings. The molecular formula is C15H15FN2O2. The number of benzene rings is 2. The fraction of sp³-hybridized carbons (Fsp3) is 0.133. The van der Waals surface area contributed by atoms with Crippen LogP contribution in [0.15, 0.2) is 42.5 Å². The standard InChI is InChI=1S/C15H15FN2O2/c1-18(9-10-5-2-3-7-12(10)16)13-8-4-6-11(14(13)17)15(19)20/h2-8H,9,17H2,1H3,(H,19,20). The topological polar surface area (TPSA) is 66.6 Å². The maximum Gasteiger partial charge on any atom is 0.337 e. The summed E-state index contributed by atoms with van der Waals surface area (Å²) in [6.45, 7) is 0.306. The number of hydrogen-bond donors (Lipinski definition) is 2. The summed E-state index contributed by atoms with van der Waals surface area (Å²) in [4.78, 5) is 12.8. The van der Waals surface area contributed by atoms with E-state index in [0.29, 0.717) is 17.8 Å². The first-order valence-corrected chi connectivity index (χ1v) is 6.07. The van der Waals surface area contributed by atoms with Crippen molar-refractivity contribution in [2.75, 3.05) is 17.7 Å². The van der Waals surface area contributed by atoms with E-state index >= 15 is 0 Å². The van der Waals surface area contributed by atoms with Crippen LogP contribution < -0.4 is 10.6 Å². The second kappa shape index (κ2) is 5.61. The van der Waals surface area contributed by atoms with Crippen molar-refractivity contribution in [2.24, 2.45) is 0 Å². The number of halogens is 1. The van der Waals surface area contributed by atoms with Crippen LogP contribution in [0, 0.1) is 5.82 Å². The number of para-hydroxylation sites is 1. The summed E-state index contributed by atoms with van der Waals surface area (Å²) in [7, 11) is 1.74. The highest BCUT2D eigenvalue weighted by molar-refractivity contribution is 5.97. The smallest absolute Gasteiger partial charge is 0.337 e. The number of carbonyl (C=O) groups is 1. The summed E-state index contributed by atoms with van der Waals surface area (Å²) >= 11 is 0. The second-order valence-electron chi connectivity index (χ2n) is 4.49. The van der Waals surface area contributed by atoms with E-state index in [9.17, 15) is 9.18 Å². The predicted octanol–water partition coefficient (Wildman–Crippen LogP) is 2.74. The largest absolute Gasteiger partial charge is 0.478 e. The summed E-state index contributed by atoms with van der Waals surface area (Å²) < 4.78 is 13.6. The van der Waals surface area contributed by atoms with Gasteiger partial charge in [0.15, 0.2) is 0 Å². The predicted molar refractivity (Wildman–Crippen MR) is 76.3 cm³/mol. The lowest BCUT2D eigenvalue weighted by Gasteiger charge is -2.22. The van der Waals surface area contributed by atoms with Gasteiger partial charge in [-0.25, -0.2) is 9.18 Å². The Morgan fingerprint density at radius 1 is 1.25 bits per heavy atom. The number of nitrogens with two attached hydrogens (primary N) is 1. The monoisotopic (exact) mass is 274 g/mol. The zero-order valence-electron chi connectivity index (χ0n) is 11.0. The average Bonchev–Trinajstić information content (AvgIpc) is 2.41. The van der Waals surface area contributed by atoms with E-state index in [2.05, 4.69) is 0 Å². The van der Waals surface area contributed by atoms with Gasteiger partial charge in [-0.05, 0) is 18.2 Å². The Labute approximate surface area is 116 Å². The number of anilines is 2. The van der Waals surface area contributed by atoms with Crippen molar-refractivity contribution in [3.05, 3.63) is 59.4 Å². The fourth-order valence-electron chi connectivity index (χ4n) is 2.04. The van der Waals surface area contributed by atoms with Crippen LogP contribution in [-0.2, 0) is 6.54 Å². The first-order valence-electron chi connectivity index (χ1n) is 6.07. The summed E-state index contributed by atoms with van der Waals surface area (Å²) in [5.41, 5.74) is 7.17. The van der Waals surface area contributed by atoms with Gasteiger partial charge in [-0.3, -0.25) is 0 Å². The van der Waals surface area contributed by atoms with E-state index in [1.807, 2.05) is 0 Å². The average molecular weight is 274 g/mol. The molecule has 0 radical (unpaired) electrons. The highest BCUT2D eigenvalue weighted by Crippen LogP contribution is 2.27. The molecule has 2 aromatic carbocycles. The summed E-state index contributed by atoms with van der Waals surface area (Å²) in [5, 5.41) is 9.05. The van der Waals surface area contributed by atoms with Gasteiger partial charge in [0.1, 0.15) is 5.82 Å². The molecule has 0 bridgehead atoms. The molecule has 3 N–H and O–H groups in total. The van der Waals surface area contributed by atoms with Gasteiger partial charge in [-0.1, -0.05) is 24.3 Å². The molecule has 0 heterocycles. The fourth-order valence-corrected chi connectivity index (χ4v) is 2.04. The Hall–Kier alpha value is -2.56. The third-order valence-electron chi connectivity index (χ3n) is 3.09. The van der Waals surface area contributed by atoms with Gasteiger partial charge in [0.05, 0.1) is 16.9 Å². The van der Waals surface area contributed by atoms with Crippen LogP contribution in [0.2, 0.25) is 0 Å². The van der Waals surface area contributed by atoms with E-state index < -0.39 is 5.97 Å². The molecule has 4 nitrogen and oxygen atoms in total. The van der Waals surface area contributed by atoms with Crippen LogP contribution >= 0.6 is 0 Å². The minimum Gasteiger partial charge on any atom is -0.478 e. The molecule has 0 atom stereocenters. The van der Waals surface area contributed by atoms with Crippen molar-refractivity contribution in [3.8, 4) is 0 Å². The van der Waals surface area contributed by atoms with Gasteiger partial charge in [-0.15, -0.1) is 0 Å². The molecule has 0 aliphatic carbocycles. The molecule has 2 rings (SSSR count). The maximum absolute atomic E-state index is 13.6. The van der Waals surface area contributed by atoms with Crippen LogP contribution in [0.3, 0.4) is 0 Å². The first kappa shape index (κ1) is 13.9. The van der Waals surface area contributed by atoms with Crippen molar-refractivity contribution in [1.82, 2.24) is 0 Å². The second-order valence-corrected chi connectivity index (χ2v) is 4.49. The highest BCUT2D eigenvalue weighted by atomic mass is 19.1. The number of carboxylic acid groups (broad SMARTS) is 1. The molecule has 0 spiro atoms. The van der Waals surface area contributed by atoms with Crippen molar-refractivity contribution < 1.29 is 14.3 Å². The highest BCUT2D eigenvalue weighted by Gasteiger charge is 2.14. The van der Waals surface area contributed by atoms with Gasteiger partial charge in [0.2, 0.25) is 0 Å². The molecular weight excluding hydrogens is 259 g/mol. The minimum atomic E-state index is -1.08. The van der Waals surface area contributed by atoms with Crippen molar-refractivity contribution in [1.29, 1.82) is 0 Å². The van der Waals surface area contributed by atoms with E-state index in [1.54, 1.807) is 42.3 Å². The number of nitrogen functional groups attached to an aromatic ring is 1. The van der Waals surface area contributed by atoms with Crippen molar-refractivity contribution in [3.63, 3.8) is 0 Å². The lowest BCUT2D eigenvalue weighted by Crippen LogP contribution is -2.19. The lowest BCUT2D eigenvalue weighted by atomic mass is 10.1. The number of hydrogen-bond acceptors (Lipinski definition) is 3. The minimum absolute atomic E-state index is 0.0443. The SMILES string of the molecule is CN(Cc1ccccc1F)c1cccc(C(=O)O)c1N. The normalized spacial score (nSPS) is 10.3.